The third-order valence-corrected chi connectivity index (χ3v) is 6.28. The normalized spacial score (nSPS) is 13.7. The Kier molecular flexibility index (Phi) is 5.75. The molecule has 2 heterocycles. The lowest BCUT2D eigenvalue weighted by Gasteiger charge is -2.28. The molecule has 1 aliphatic heterocycles. The van der Waals surface area contributed by atoms with Gasteiger partial charge in [0, 0.05) is 13.0 Å². The van der Waals surface area contributed by atoms with E-state index in [1.807, 2.05) is 38.1 Å². The molecule has 0 radical (unpaired) electrons. The van der Waals surface area contributed by atoms with Crippen LogP contribution in [0.4, 0.5) is 5.69 Å². The number of hydrogen-bond donors (Lipinski definition) is 1. The fraction of sp³-hybridized carbons (Fsp3) is 0.286. The summed E-state index contributed by atoms with van der Waals surface area (Å²) >= 11 is 0. The van der Waals surface area contributed by atoms with Gasteiger partial charge in [-0.15, -0.1) is 0 Å². The van der Waals surface area contributed by atoms with Crippen molar-refractivity contribution in [3.05, 3.63) is 65.3 Å². The average Bonchev–Trinajstić information content (AvgIpc) is 3.23. The molecule has 4 rings (SSSR count). The molecule has 3 aromatic rings. The number of carbonyl (C=O) groups excluding carboxylic acids is 1. The van der Waals surface area contributed by atoms with Gasteiger partial charge >= 0.3 is 0 Å². The fourth-order valence-corrected chi connectivity index (χ4v) is 4.17. The van der Waals surface area contributed by atoms with Crippen molar-refractivity contribution in [3.63, 3.8) is 0 Å². The Hall–Kier alpha value is -3.24. The summed E-state index contributed by atoms with van der Waals surface area (Å²) in [5, 5.41) is 3.88. The minimum atomic E-state index is -3.81. The summed E-state index contributed by atoms with van der Waals surface area (Å²) in [6, 6.07) is 12.0. The van der Waals surface area contributed by atoms with E-state index in [2.05, 4.69) is 14.9 Å². The quantitative estimate of drug-likeness (QED) is 0.597. The van der Waals surface area contributed by atoms with Gasteiger partial charge in [-0.1, -0.05) is 41.9 Å². The summed E-state index contributed by atoms with van der Waals surface area (Å²) in [7, 11) is -3.81. The Morgan fingerprint density at radius 1 is 1.16 bits per heavy atom. The van der Waals surface area contributed by atoms with Crippen molar-refractivity contribution < 1.29 is 22.5 Å². The van der Waals surface area contributed by atoms with Gasteiger partial charge < -0.3 is 9.26 Å². The lowest BCUT2D eigenvalue weighted by molar-refractivity contribution is -0.121. The molecule has 1 N–H and O–H groups in total. The van der Waals surface area contributed by atoms with Crippen molar-refractivity contribution in [1.82, 2.24) is 14.9 Å². The molecule has 9 nitrogen and oxygen atoms in total. The number of benzene rings is 2. The van der Waals surface area contributed by atoms with E-state index in [-0.39, 0.29) is 30.5 Å². The Morgan fingerprint density at radius 3 is 2.65 bits per heavy atom. The summed E-state index contributed by atoms with van der Waals surface area (Å²) in [6.45, 7) is 3.91. The van der Waals surface area contributed by atoms with E-state index >= 15 is 0 Å². The van der Waals surface area contributed by atoms with Crippen LogP contribution in [0.25, 0.3) is 0 Å². The maximum Gasteiger partial charge on any atom is 0.265 e. The minimum Gasteiger partial charge on any atom is -0.482 e. The number of nitrogens with one attached hydrogen (secondary N) is 1. The highest BCUT2D eigenvalue weighted by Crippen LogP contribution is 2.35. The van der Waals surface area contributed by atoms with Crippen LogP contribution < -0.4 is 14.4 Å². The first-order valence-electron chi connectivity index (χ1n) is 9.79. The number of sulfonamides is 1. The highest BCUT2D eigenvalue weighted by molar-refractivity contribution is 7.89. The second-order valence-corrected chi connectivity index (χ2v) is 8.93. The predicted molar refractivity (Wildman–Crippen MR) is 112 cm³/mol. The van der Waals surface area contributed by atoms with E-state index in [4.69, 9.17) is 9.26 Å². The first-order valence-corrected chi connectivity index (χ1v) is 11.3. The van der Waals surface area contributed by atoms with Crippen LogP contribution >= 0.6 is 0 Å². The third-order valence-electron chi connectivity index (χ3n) is 4.88. The van der Waals surface area contributed by atoms with Gasteiger partial charge in [0.25, 0.3) is 5.91 Å². The molecule has 1 amide bonds. The fourth-order valence-electron chi connectivity index (χ4n) is 3.13. The topological polar surface area (TPSA) is 115 Å². The van der Waals surface area contributed by atoms with E-state index < -0.39 is 10.0 Å². The lowest BCUT2D eigenvalue weighted by Crippen LogP contribution is -2.38. The van der Waals surface area contributed by atoms with Crippen molar-refractivity contribution in [2.75, 3.05) is 11.5 Å². The van der Waals surface area contributed by atoms with E-state index in [1.54, 1.807) is 6.07 Å². The number of carbonyl (C=O) groups is 1. The molecule has 2 aromatic carbocycles. The molecule has 0 saturated heterocycles. The average molecular weight is 442 g/mol. The summed E-state index contributed by atoms with van der Waals surface area (Å²) in [5.74, 6) is 0.894. The van der Waals surface area contributed by atoms with Gasteiger partial charge in [0.1, 0.15) is 5.75 Å². The molecular formula is C21H22N4O5S. The molecule has 1 aliphatic rings. The van der Waals surface area contributed by atoms with Gasteiger partial charge in [-0.3, -0.25) is 9.69 Å². The van der Waals surface area contributed by atoms with Crippen LogP contribution in [0.2, 0.25) is 0 Å². The highest BCUT2D eigenvalue weighted by Gasteiger charge is 2.29. The minimum absolute atomic E-state index is 0.0315. The molecule has 1 aromatic heterocycles. The van der Waals surface area contributed by atoms with E-state index in [0.29, 0.717) is 29.6 Å². The number of amides is 1. The molecule has 0 unspecified atom stereocenters. The first-order chi connectivity index (χ1) is 14.9. The van der Waals surface area contributed by atoms with E-state index in [9.17, 15) is 13.2 Å². The molecule has 0 aliphatic carbocycles. The zero-order valence-electron chi connectivity index (χ0n) is 17.2. The lowest BCUT2D eigenvalue weighted by atomic mass is 10.2. The number of fused-ring (bicyclic) bond motifs is 1. The van der Waals surface area contributed by atoms with Crippen LogP contribution in [0.3, 0.4) is 0 Å². The van der Waals surface area contributed by atoms with Crippen molar-refractivity contribution in [1.29, 1.82) is 0 Å². The maximum absolute atomic E-state index is 12.9. The third kappa shape index (κ3) is 4.59. The molecule has 0 bridgehead atoms. The standard InChI is InChI=1S/C21H22N4O5S/c1-3-20-23-19(24-30-20)12-25-17-10-16(8-9-18(17)29-13-21(25)26)31(27,28)22-11-15-6-4-14(2)5-7-15/h4-10,22H,3,11-13H2,1-2H3. The summed E-state index contributed by atoms with van der Waals surface area (Å²) in [4.78, 5) is 18.2. The number of nitrogens with zero attached hydrogens (tertiary/aromatic N) is 3. The molecule has 10 heteroatoms. The van der Waals surface area contributed by atoms with Gasteiger partial charge in [0.15, 0.2) is 12.4 Å². The Bertz CT molecular complexity index is 1200. The number of anilines is 1. The number of rotatable bonds is 7. The van der Waals surface area contributed by atoms with Gasteiger partial charge in [-0.2, -0.15) is 4.98 Å². The van der Waals surface area contributed by atoms with Crippen LogP contribution in [-0.4, -0.2) is 31.1 Å². The SMILES string of the molecule is CCc1nc(CN2C(=O)COc3ccc(S(=O)(=O)NCc4ccc(C)cc4)cc32)no1. The number of aromatic nitrogens is 2. The Morgan fingerprint density at radius 2 is 1.94 bits per heavy atom. The molecule has 0 atom stereocenters. The van der Waals surface area contributed by atoms with Gasteiger partial charge in [-0.05, 0) is 30.7 Å². The van der Waals surface area contributed by atoms with Crippen molar-refractivity contribution in [3.8, 4) is 5.75 Å². The smallest absolute Gasteiger partial charge is 0.265 e. The first kappa shape index (κ1) is 21.0. The largest absolute Gasteiger partial charge is 0.482 e. The number of aryl methyl sites for hydroxylation is 2. The zero-order chi connectivity index (χ0) is 22.0. The van der Waals surface area contributed by atoms with Crippen LogP contribution in [0.1, 0.15) is 29.8 Å². The summed E-state index contributed by atoms with van der Waals surface area (Å²) in [6.07, 6.45) is 0.579. The Labute approximate surface area is 180 Å². The molecule has 0 saturated carbocycles. The second-order valence-electron chi connectivity index (χ2n) is 7.17. The number of ether oxygens (including phenoxy) is 1. The zero-order valence-corrected chi connectivity index (χ0v) is 18.0. The summed E-state index contributed by atoms with van der Waals surface area (Å²) in [5.41, 5.74) is 2.28. The van der Waals surface area contributed by atoms with Crippen LogP contribution in [-0.2, 0) is 34.3 Å². The van der Waals surface area contributed by atoms with Crippen molar-refractivity contribution >= 4 is 21.6 Å². The molecule has 0 spiro atoms. The molecule has 162 valence electrons. The second kappa shape index (κ2) is 8.48. The molecular weight excluding hydrogens is 420 g/mol. The molecule has 31 heavy (non-hydrogen) atoms. The Balaban J connectivity index is 1.58. The number of hydrogen-bond acceptors (Lipinski definition) is 7. The molecule has 0 fully saturated rings. The van der Waals surface area contributed by atoms with E-state index in [1.165, 1.54) is 17.0 Å². The highest BCUT2D eigenvalue weighted by atomic mass is 32.2. The van der Waals surface area contributed by atoms with Crippen LogP contribution in [0, 0.1) is 6.92 Å². The predicted octanol–water partition coefficient (Wildman–Crippen LogP) is 2.34. The van der Waals surface area contributed by atoms with Crippen molar-refractivity contribution in [2.24, 2.45) is 0 Å². The van der Waals surface area contributed by atoms with E-state index in [0.717, 1.165) is 11.1 Å². The summed E-state index contributed by atoms with van der Waals surface area (Å²) < 4.78 is 38.9. The van der Waals surface area contributed by atoms with Gasteiger partial charge in [0.05, 0.1) is 17.1 Å². The van der Waals surface area contributed by atoms with Gasteiger partial charge in [0.2, 0.25) is 15.9 Å². The van der Waals surface area contributed by atoms with Crippen LogP contribution in [0.15, 0.2) is 51.9 Å². The van der Waals surface area contributed by atoms with Crippen LogP contribution in [0.5, 0.6) is 5.75 Å². The van der Waals surface area contributed by atoms with Crippen molar-refractivity contribution in [2.45, 2.75) is 38.3 Å². The monoisotopic (exact) mass is 442 g/mol. The van der Waals surface area contributed by atoms with Gasteiger partial charge in [-0.25, -0.2) is 13.1 Å². The maximum atomic E-state index is 12.9.